The third-order valence-electron chi connectivity index (χ3n) is 6.53. The van der Waals surface area contributed by atoms with Crippen molar-refractivity contribution in [1.82, 2.24) is 19.8 Å². The van der Waals surface area contributed by atoms with Gasteiger partial charge in [0.15, 0.2) is 0 Å². The molecular weight excluding hydrogens is 450 g/mol. The Morgan fingerprint density at radius 3 is 2.64 bits per heavy atom. The monoisotopic (exact) mass is 481 g/mol. The topological polar surface area (TPSA) is 52.6 Å². The molecule has 0 aromatic carbocycles. The Morgan fingerprint density at radius 1 is 1.09 bits per heavy atom. The van der Waals surface area contributed by atoms with Crippen LogP contribution in [-0.4, -0.2) is 64.9 Å². The Balaban J connectivity index is 1.24. The summed E-state index contributed by atoms with van der Waals surface area (Å²) < 4.78 is 0. The summed E-state index contributed by atoms with van der Waals surface area (Å²) in [6.45, 7) is 11.1. The van der Waals surface area contributed by atoms with Gasteiger partial charge in [-0.25, -0.2) is 9.97 Å². The smallest absolute Gasteiger partial charge is 0.237 e. The molecule has 2 aliphatic rings. The Hall–Kier alpha value is -2.29. The molecule has 1 fully saturated rings. The van der Waals surface area contributed by atoms with Crippen LogP contribution in [0.1, 0.15) is 52.6 Å². The van der Waals surface area contributed by atoms with Gasteiger partial charge in [-0.15, -0.1) is 22.7 Å². The zero-order valence-corrected chi connectivity index (χ0v) is 21.2. The normalized spacial score (nSPS) is 19.2. The van der Waals surface area contributed by atoms with Crippen molar-refractivity contribution in [2.24, 2.45) is 0 Å². The van der Waals surface area contributed by atoms with Crippen molar-refractivity contribution in [3.05, 3.63) is 61.9 Å². The first-order valence-corrected chi connectivity index (χ1v) is 13.5. The van der Waals surface area contributed by atoms with Crippen LogP contribution in [0.25, 0.3) is 0 Å². The van der Waals surface area contributed by atoms with Crippen molar-refractivity contribution in [2.45, 2.75) is 39.2 Å². The zero-order valence-electron chi connectivity index (χ0n) is 19.5. The van der Waals surface area contributed by atoms with Crippen LogP contribution in [-0.2, 0) is 11.2 Å². The van der Waals surface area contributed by atoms with Crippen LogP contribution in [0.15, 0.2) is 35.0 Å². The molecule has 1 amide bonds. The van der Waals surface area contributed by atoms with Crippen LogP contribution in [0.4, 0.5) is 5.82 Å². The molecule has 174 valence electrons. The number of hydrogen-bond acceptors (Lipinski definition) is 7. The summed E-state index contributed by atoms with van der Waals surface area (Å²) in [6, 6.07) is 8.59. The van der Waals surface area contributed by atoms with E-state index in [2.05, 4.69) is 68.6 Å². The van der Waals surface area contributed by atoms with Gasteiger partial charge in [0.25, 0.3) is 0 Å². The maximum atomic E-state index is 13.5. The molecule has 6 nitrogen and oxygen atoms in total. The van der Waals surface area contributed by atoms with Crippen molar-refractivity contribution < 1.29 is 4.79 Å². The third kappa shape index (κ3) is 4.69. The first-order chi connectivity index (χ1) is 16.0. The minimum absolute atomic E-state index is 0.0623. The number of fused-ring (bicyclic) bond motifs is 1. The molecule has 3 aromatic rings. The van der Waals surface area contributed by atoms with Gasteiger partial charge in [-0.05, 0) is 41.8 Å². The Labute approximate surface area is 203 Å². The van der Waals surface area contributed by atoms with Gasteiger partial charge < -0.3 is 9.80 Å². The van der Waals surface area contributed by atoms with Crippen LogP contribution in [0.5, 0.6) is 0 Å². The Kier molecular flexibility index (Phi) is 6.49. The number of hydrogen-bond donors (Lipinski definition) is 0. The number of thiophene rings is 2. The molecule has 5 heterocycles. The number of aryl methyl sites for hydroxylation is 1. The molecule has 0 spiro atoms. The van der Waals surface area contributed by atoms with E-state index in [-0.39, 0.29) is 11.9 Å². The van der Waals surface area contributed by atoms with Crippen LogP contribution in [0.3, 0.4) is 0 Å². The number of nitrogens with zero attached hydrogens (tertiary/aromatic N) is 5. The molecule has 0 radical (unpaired) electrons. The third-order valence-corrected chi connectivity index (χ3v) is 8.45. The van der Waals surface area contributed by atoms with Gasteiger partial charge in [0.2, 0.25) is 5.91 Å². The molecule has 1 unspecified atom stereocenters. The molecular formula is C25H31N5OS2. The van der Waals surface area contributed by atoms with Crippen LogP contribution < -0.4 is 4.90 Å². The largest absolute Gasteiger partial charge is 0.354 e. The molecule has 1 saturated heterocycles. The van der Waals surface area contributed by atoms with E-state index in [1.54, 1.807) is 11.3 Å². The number of piperazine rings is 1. The Bertz CT molecular complexity index is 1100. The number of aromatic nitrogens is 2. The van der Waals surface area contributed by atoms with Crippen molar-refractivity contribution >= 4 is 34.4 Å². The second kappa shape index (κ2) is 9.52. The summed E-state index contributed by atoms with van der Waals surface area (Å²) in [5.74, 6) is 2.46. The predicted octanol–water partition coefficient (Wildman–Crippen LogP) is 4.33. The van der Waals surface area contributed by atoms with E-state index < -0.39 is 0 Å². The summed E-state index contributed by atoms with van der Waals surface area (Å²) >= 11 is 3.56. The lowest BCUT2D eigenvalue weighted by atomic mass is 9.98. The van der Waals surface area contributed by atoms with E-state index in [1.807, 2.05) is 18.3 Å². The van der Waals surface area contributed by atoms with Crippen LogP contribution >= 0.6 is 22.7 Å². The van der Waals surface area contributed by atoms with Crippen molar-refractivity contribution in [1.29, 1.82) is 0 Å². The molecule has 0 saturated carbocycles. The molecule has 1 atom stereocenters. The summed E-state index contributed by atoms with van der Waals surface area (Å²) in [4.78, 5) is 32.3. The lowest BCUT2D eigenvalue weighted by molar-refractivity contribution is -0.134. The Morgan fingerprint density at radius 2 is 1.91 bits per heavy atom. The van der Waals surface area contributed by atoms with Gasteiger partial charge in [-0.2, -0.15) is 0 Å². The first-order valence-electron chi connectivity index (χ1n) is 11.7. The van der Waals surface area contributed by atoms with E-state index in [9.17, 15) is 4.79 Å². The van der Waals surface area contributed by atoms with Gasteiger partial charge in [0.1, 0.15) is 11.6 Å². The van der Waals surface area contributed by atoms with Gasteiger partial charge >= 0.3 is 0 Å². The fourth-order valence-electron chi connectivity index (χ4n) is 4.75. The second-order valence-electron chi connectivity index (χ2n) is 9.20. The number of amides is 1. The first kappa shape index (κ1) is 22.5. The highest BCUT2D eigenvalue weighted by Crippen LogP contribution is 2.39. The molecule has 33 heavy (non-hydrogen) atoms. The number of anilines is 1. The van der Waals surface area contributed by atoms with E-state index in [0.29, 0.717) is 12.5 Å². The summed E-state index contributed by atoms with van der Waals surface area (Å²) in [5.41, 5.74) is 2.32. The van der Waals surface area contributed by atoms with Crippen LogP contribution in [0, 0.1) is 6.92 Å². The highest BCUT2D eigenvalue weighted by molar-refractivity contribution is 7.10. The predicted molar refractivity (Wildman–Crippen MR) is 135 cm³/mol. The second-order valence-corrected chi connectivity index (χ2v) is 11.2. The van der Waals surface area contributed by atoms with Crippen molar-refractivity contribution in [3.63, 3.8) is 0 Å². The number of carbonyl (C=O) groups is 1. The highest BCUT2D eigenvalue weighted by Gasteiger charge is 2.34. The zero-order chi connectivity index (χ0) is 22.9. The van der Waals surface area contributed by atoms with E-state index in [4.69, 9.17) is 4.98 Å². The average Bonchev–Trinajstić information content (AvgIpc) is 3.50. The minimum atomic E-state index is 0.0623. The maximum Gasteiger partial charge on any atom is 0.237 e. The summed E-state index contributed by atoms with van der Waals surface area (Å²) in [5, 5.41) is 4.27. The summed E-state index contributed by atoms with van der Waals surface area (Å²) in [7, 11) is 0. The van der Waals surface area contributed by atoms with Crippen LogP contribution in [0.2, 0.25) is 0 Å². The van der Waals surface area contributed by atoms with Crippen molar-refractivity contribution in [2.75, 3.05) is 44.2 Å². The molecule has 0 bridgehead atoms. The fraction of sp³-hybridized carbons (Fsp3) is 0.480. The quantitative estimate of drug-likeness (QED) is 0.543. The molecule has 0 N–H and O–H groups in total. The molecule has 8 heteroatoms. The maximum absolute atomic E-state index is 13.5. The molecule has 5 rings (SSSR count). The highest BCUT2D eigenvalue weighted by atomic mass is 32.1. The lowest BCUT2D eigenvalue weighted by Gasteiger charge is -2.39. The molecule has 3 aromatic heterocycles. The van der Waals surface area contributed by atoms with Gasteiger partial charge in [-0.3, -0.25) is 9.69 Å². The average molecular weight is 482 g/mol. The number of rotatable bonds is 5. The molecule has 2 aliphatic heterocycles. The fourth-order valence-corrected chi connectivity index (χ4v) is 6.51. The lowest BCUT2D eigenvalue weighted by Crippen LogP contribution is -2.51. The van der Waals surface area contributed by atoms with Gasteiger partial charge in [-0.1, -0.05) is 19.9 Å². The van der Waals surface area contributed by atoms with E-state index in [1.165, 1.54) is 15.3 Å². The minimum Gasteiger partial charge on any atom is -0.354 e. The van der Waals surface area contributed by atoms with Gasteiger partial charge in [0.05, 0.1) is 12.6 Å². The SMILES string of the molecule is Cc1cc(N2CCN(CC(=O)N3CCc4sccc4C3c3cccs3)CC2)nc(C(C)C)n1. The summed E-state index contributed by atoms with van der Waals surface area (Å²) in [6.07, 6.45) is 0.958. The number of carbonyl (C=O) groups excluding carboxylic acids is 1. The van der Waals surface area contributed by atoms with Crippen molar-refractivity contribution in [3.8, 4) is 0 Å². The van der Waals surface area contributed by atoms with E-state index >= 15 is 0 Å². The van der Waals surface area contributed by atoms with E-state index in [0.717, 1.165) is 56.5 Å². The standard InChI is InChI=1S/C25H31N5OS2/c1-17(2)25-26-18(3)15-22(27-25)29-11-9-28(10-12-29)16-23(31)30-8-6-20-19(7-14-33-20)24(30)21-5-4-13-32-21/h4-5,7,13-15,17,24H,6,8-12,16H2,1-3H3. The molecule has 0 aliphatic carbocycles. The van der Waals surface area contributed by atoms with Gasteiger partial charge in [0, 0.05) is 60.2 Å².